The van der Waals surface area contributed by atoms with Crippen LogP contribution in [0.25, 0.3) is 0 Å². The number of hydrogen-bond donors (Lipinski definition) is 2. The fourth-order valence-electron chi connectivity index (χ4n) is 0.999. The van der Waals surface area contributed by atoms with E-state index in [1.807, 2.05) is 0 Å². The maximum Gasteiger partial charge on any atom is 0.488 e. The topological polar surface area (TPSA) is 66.8 Å². The quantitative estimate of drug-likeness (QED) is 0.399. The lowest BCUT2D eigenvalue weighted by molar-refractivity contribution is -0.138. The van der Waals surface area contributed by atoms with Crippen molar-refractivity contribution in [3.05, 3.63) is 42.5 Å². The van der Waals surface area contributed by atoms with Crippen molar-refractivity contribution in [2.45, 2.75) is 6.61 Å². The van der Waals surface area contributed by atoms with Gasteiger partial charge in [-0.15, -0.1) is 0 Å². The third kappa shape index (κ3) is 3.57. The number of carbonyl (C=O) groups is 1. The predicted molar refractivity (Wildman–Crippen MR) is 56.3 cm³/mol. The number of benzene rings is 1. The Morgan fingerprint density at radius 3 is 2.47 bits per heavy atom. The van der Waals surface area contributed by atoms with Gasteiger partial charge in [-0.1, -0.05) is 30.8 Å². The molecule has 2 N–H and O–H groups in total. The normalized spacial score (nSPS) is 9.47. The Morgan fingerprint density at radius 1 is 1.40 bits per heavy atom. The van der Waals surface area contributed by atoms with E-state index in [1.165, 1.54) is 0 Å². The van der Waals surface area contributed by atoms with Crippen LogP contribution in [0.2, 0.25) is 0 Å². The zero-order valence-corrected chi connectivity index (χ0v) is 8.09. The van der Waals surface area contributed by atoms with E-state index in [4.69, 9.17) is 14.8 Å². The standard InChI is InChI=1S/C10H11BO4/c1-2-10(12)15-7-8-3-5-9(6-4-8)11(13)14/h2-6,13-14H,1,7H2. The first kappa shape index (κ1) is 11.5. The van der Waals surface area contributed by atoms with Gasteiger partial charge in [-0.2, -0.15) is 0 Å². The van der Waals surface area contributed by atoms with Gasteiger partial charge in [0.15, 0.2) is 0 Å². The molecule has 0 bridgehead atoms. The molecule has 5 heteroatoms. The number of hydrogen-bond acceptors (Lipinski definition) is 4. The lowest BCUT2D eigenvalue weighted by Crippen LogP contribution is -2.29. The monoisotopic (exact) mass is 206 g/mol. The van der Waals surface area contributed by atoms with Gasteiger partial charge < -0.3 is 14.8 Å². The first-order valence-electron chi connectivity index (χ1n) is 4.37. The van der Waals surface area contributed by atoms with Crippen molar-refractivity contribution in [3.63, 3.8) is 0 Å². The largest absolute Gasteiger partial charge is 0.488 e. The summed E-state index contributed by atoms with van der Waals surface area (Å²) in [6.45, 7) is 3.42. The Hall–Kier alpha value is -1.59. The van der Waals surface area contributed by atoms with Gasteiger partial charge in [0.25, 0.3) is 0 Å². The molecule has 78 valence electrons. The molecule has 0 aliphatic heterocycles. The van der Waals surface area contributed by atoms with Gasteiger partial charge in [-0.05, 0) is 11.0 Å². The fourth-order valence-corrected chi connectivity index (χ4v) is 0.999. The highest BCUT2D eigenvalue weighted by atomic mass is 16.5. The second-order valence-electron chi connectivity index (χ2n) is 2.93. The summed E-state index contributed by atoms with van der Waals surface area (Å²) in [7, 11) is -1.48. The van der Waals surface area contributed by atoms with Crippen molar-refractivity contribution < 1.29 is 19.6 Å². The third-order valence-electron chi connectivity index (χ3n) is 1.83. The van der Waals surface area contributed by atoms with Crippen LogP contribution >= 0.6 is 0 Å². The summed E-state index contributed by atoms with van der Waals surface area (Å²) >= 11 is 0. The fraction of sp³-hybridized carbons (Fsp3) is 0.100. The number of ether oxygens (including phenoxy) is 1. The Labute approximate surface area is 88.0 Å². The van der Waals surface area contributed by atoms with Crippen LogP contribution in [0.5, 0.6) is 0 Å². The van der Waals surface area contributed by atoms with Crippen LogP contribution < -0.4 is 5.46 Å². The summed E-state index contributed by atoms with van der Waals surface area (Å²) < 4.78 is 4.80. The number of esters is 1. The minimum atomic E-state index is -1.48. The van der Waals surface area contributed by atoms with Crippen molar-refractivity contribution in [3.8, 4) is 0 Å². The van der Waals surface area contributed by atoms with Gasteiger partial charge in [0.1, 0.15) is 6.61 Å². The average molecular weight is 206 g/mol. The van der Waals surface area contributed by atoms with Crippen LogP contribution in [-0.2, 0) is 16.1 Å². The van der Waals surface area contributed by atoms with Crippen LogP contribution in [0.3, 0.4) is 0 Å². The molecular weight excluding hydrogens is 195 g/mol. The van der Waals surface area contributed by atoms with Crippen LogP contribution in [0.15, 0.2) is 36.9 Å². The summed E-state index contributed by atoms with van der Waals surface area (Å²) in [5.74, 6) is -0.485. The van der Waals surface area contributed by atoms with Gasteiger partial charge in [0.05, 0.1) is 0 Å². The molecule has 0 saturated heterocycles. The molecule has 0 spiro atoms. The molecule has 0 radical (unpaired) electrons. The molecule has 0 unspecified atom stereocenters. The minimum Gasteiger partial charge on any atom is -0.458 e. The van der Waals surface area contributed by atoms with Gasteiger partial charge in [0.2, 0.25) is 0 Å². The lowest BCUT2D eigenvalue weighted by Gasteiger charge is -2.03. The lowest BCUT2D eigenvalue weighted by atomic mass is 9.80. The molecule has 0 fully saturated rings. The second kappa shape index (κ2) is 5.33. The molecule has 1 aromatic rings. The predicted octanol–water partition coefficient (Wildman–Crippen LogP) is -0.404. The summed E-state index contributed by atoms with van der Waals surface area (Å²) in [6.07, 6.45) is 1.09. The van der Waals surface area contributed by atoms with Crippen molar-refractivity contribution in [1.29, 1.82) is 0 Å². The van der Waals surface area contributed by atoms with E-state index in [0.29, 0.717) is 5.46 Å². The zero-order valence-electron chi connectivity index (χ0n) is 8.09. The maximum absolute atomic E-state index is 10.7. The first-order chi connectivity index (χ1) is 7.13. The zero-order chi connectivity index (χ0) is 11.3. The summed E-state index contributed by atoms with van der Waals surface area (Å²) in [5, 5.41) is 17.7. The van der Waals surface area contributed by atoms with Crippen LogP contribution in [0.4, 0.5) is 0 Å². The molecule has 0 aromatic heterocycles. The van der Waals surface area contributed by atoms with E-state index in [2.05, 4.69) is 6.58 Å². The van der Waals surface area contributed by atoms with Gasteiger partial charge in [-0.25, -0.2) is 4.79 Å². The van der Waals surface area contributed by atoms with E-state index in [9.17, 15) is 4.79 Å². The van der Waals surface area contributed by atoms with Crippen molar-refractivity contribution in [2.75, 3.05) is 0 Å². The van der Waals surface area contributed by atoms with Crippen molar-refractivity contribution >= 4 is 18.6 Å². The second-order valence-corrected chi connectivity index (χ2v) is 2.93. The molecule has 4 nitrogen and oxygen atoms in total. The molecule has 1 rings (SSSR count). The molecule has 0 aliphatic carbocycles. The smallest absolute Gasteiger partial charge is 0.458 e. The molecule has 0 heterocycles. The van der Waals surface area contributed by atoms with E-state index < -0.39 is 13.1 Å². The average Bonchev–Trinajstić information content (AvgIpc) is 2.26. The summed E-state index contributed by atoms with van der Waals surface area (Å²) in [6, 6.07) is 6.43. The van der Waals surface area contributed by atoms with Crippen LogP contribution in [0, 0.1) is 0 Å². The number of rotatable bonds is 4. The molecule has 0 aliphatic rings. The first-order valence-corrected chi connectivity index (χ1v) is 4.37. The summed E-state index contributed by atoms with van der Waals surface area (Å²) in [4.78, 5) is 10.7. The van der Waals surface area contributed by atoms with E-state index >= 15 is 0 Å². The Balaban J connectivity index is 2.57. The Bertz CT molecular complexity index is 345. The third-order valence-corrected chi connectivity index (χ3v) is 1.83. The maximum atomic E-state index is 10.7. The van der Waals surface area contributed by atoms with Gasteiger partial charge in [-0.3, -0.25) is 0 Å². The highest BCUT2D eigenvalue weighted by Crippen LogP contribution is 2.00. The van der Waals surface area contributed by atoms with Crippen LogP contribution in [-0.4, -0.2) is 23.1 Å². The molecular formula is C10H11BO4. The molecule has 0 atom stereocenters. The molecule has 0 saturated carbocycles. The molecule has 1 aromatic carbocycles. The Morgan fingerprint density at radius 2 is 2.00 bits per heavy atom. The van der Waals surface area contributed by atoms with Gasteiger partial charge >= 0.3 is 13.1 Å². The molecule has 0 amide bonds. The minimum absolute atomic E-state index is 0.145. The van der Waals surface area contributed by atoms with Crippen LogP contribution in [0.1, 0.15) is 5.56 Å². The number of carbonyl (C=O) groups excluding carboxylic acids is 1. The Kier molecular flexibility index (Phi) is 4.09. The molecule has 15 heavy (non-hydrogen) atoms. The highest BCUT2D eigenvalue weighted by Gasteiger charge is 2.09. The summed E-state index contributed by atoms with van der Waals surface area (Å²) in [5.41, 5.74) is 1.17. The van der Waals surface area contributed by atoms with Crippen molar-refractivity contribution in [2.24, 2.45) is 0 Å². The van der Waals surface area contributed by atoms with Gasteiger partial charge in [0, 0.05) is 6.08 Å². The van der Waals surface area contributed by atoms with E-state index in [0.717, 1.165) is 11.6 Å². The van der Waals surface area contributed by atoms with E-state index in [1.54, 1.807) is 24.3 Å². The van der Waals surface area contributed by atoms with Crippen molar-refractivity contribution in [1.82, 2.24) is 0 Å². The highest BCUT2D eigenvalue weighted by molar-refractivity contribution is 6.58. The SMILES string of the molecule is C=CC(=O)OCc1ccc(B(O)O)cc1. The van der Waals surface area contributed by atoms with E-state index in [-0.39, 0.29) is 6.61 Å².